The minimum absolute atomic E-state index is 0.0795. The molecule has 2 N–H and O–H groups in total. The fourth-order valence-electron chi connectivity index (χ4n) is 3.36. The van der Waals surface area contributed by atoms with Crippen LogP contribution in [-0.4, -0.2) is 74.7 Å². The molecule has 2 atom stereocenters. The molecule has 0 amide bonds. The number of allylic oxidation sites excluding steroid dienone is 8. The van der Waals surface area contributed by atoms with Crippen LogP contribution in [0.15, 0.2) is 48.6 Å². The lowest BCUT2D eigenvalue weighted by Crippen LogP contribution is -2.37. The molecule has 0 saturated carbocycles. The lowest BCUT2D eigenvalue weighted by Gasteiger charge is -2.24. The van der Waals surface area contributed by atoms with Gasteiger partial charge in [0.15, 0.2) is 0 Å². The van der Waals surface area contributed by atoms with E-state index in [-0.39, 0.29) is 19.8 Å². The van der Waals surface area contributed by atoms with Gasteiger partial charge in [-0.05, 0) is 44.9 Å². The normalized spacial score (nSPS) is 15.4. The highest BCUT2D eigenvalue weighted by Crippen LogP contribution is 2.43. The SMILES string of the molecule is CC/C=C\C/C=C\C/C=C\C/C=C\CCCCCCCCCOCC(O)COP(=O)(O)OCC[N+](C)(C)C. The van der Waals surface area contributed by atoms with Gasteiger partial charge in [0.1, 0.15) is 19.3 Å². The number of unbranched alkanes of at least 4 members (excludes halogenated alkanes) is 7. The maximum absolute atomic E-state index is 11.8. The highest BCUT2D eigenvalue weighted by Gasteiger charge is 2.24. The molecule has 222 valence electrons. The third-order valence-corrected chi connectivity index (χ3v) is 6.62. The summed E-state index contributed by atoms with van der Waals surface area (Å²) in [6.45, 7) is 3.19. The van der Waals surface area contributed by atoms with Gasteiger partial charge >= 0.3 is 7.82 Å². The molecular formula is C30H57NO6P+. The summed E-state index contributed by atoms with van der Waals surface area (Å²) < 4.78 is 27.7. The van der Waals surface area contributed by atoms with Crippen molar-refractivity contribution in [3.05, 3.63) is 48.6 Å². The number of hydrogen-bond acceptors (Lipinski definition) is 5. The molecule has 0 aliphatic carbocycles. The maximum atomic E-state index is 11.8. The van der Waals surface area contributed by atoms with E-state index in [0.717, 1.165) is 44.9 Å². The third-order valence-electron chi connectivity index (χ3n) is 5.64. The topological polar surface area (TPSA) is 85.2 Å². The molecule has 0 spiro atoms. The zero-order chi connectivity index (χ0) is 28.4. The second-order valence-corrected chi connectivity index (χ2v) is 12.1. The van der Waals surface area contributed by atoms with E-state index >= 15 is 0 Å². The van der Waals surface area contributed by atoms with Crippen LogP contribution in [0.3, 0.4) is 0 Å². The molecule has 0 rings (SSSR count). The molecule has 7 nitrogen and oxygen atoms in total. The molecule has 0 aromatic rings. The van der Waals surface area contributed by atoms with Crippen LogP contribution >= 0.6 is 7.82 Å². The highest BCUT2D eigenvalue weighted by molar-refractivity contribution is 7.47. The van der Waals surface area contributed by atoms with Crippen molar-refractivity contribution in [2.24, 2.45) is 0 Å². The third kappa shape index (κ3) is 29.5. The second-order valence-electron chi connectivity index (χ2n) is 10.6. The zero-order valence-corrected chi connectivity index (χ0v) is 25.5. The highest BCUT2D eigenvalue weighted by atomic mass is 31.2. The Morgan fingerprint density at radius 3 is 1.82 bits per heavy atom. The lowest BCUT2D eigenvalue weighted by atomic mass is 10.1. The van der Waals surface area contributed by atoms with E-state index in [9.17, 15) is 14.6 Å². The van der Waals surface area contributed by atoms with Crippen molar-refractivity contribution in [3.8, 4) is 0 Å². The summed E-state index contributed by atoms with van der Waals surface area (Å²) in [4.78, 5) is 9.66. The zero-order valence-electron chi connectivity index (χ0n) is 24.6. The van der Waals surface area contributed by atoms with E-state index in [1.807, 2.05) is 21.1 Å². The van der Waals surface area contributed by atoms with Gasteiger partial charge in [0, 0.05) is 6.61 Å². The van der Waals surface area contributed by atoms with Crippen molar-refractivity contribution in [1.82, 2.24) is 0 Å². The molecule has 0 radical (unpaired) electrons. The average molecular weight is 559 g/mol. The number of aliphatic hydroxyl groups is 1. The summed E-state index contributed by atoms with van der Waals surface area (Å²) in [7, 11) is 1.73. The number of nitrogens with zero attached hydrogens (tertiary/aromatic N) is 1. The first-order valence-electron chi connectivity index (χ1n) is 14.4. The lowest BCUT2D eigenvalue weighted by molar-refractivity contribution is -0.870. The fourth-order valence-corrected chi connectivity index (χ4v) is 4.11. The summed E-state index contributed by atoms with van der Waals surface area (Å²) in [6, 6.07) is 0. The second kappa shape index (κ2) is 25.0. The average Bonchev–Trinajstić information content (AvgIpc) is 2.85. The number of phosphoric ester groups is 1. The Labute approximate surface area is 233 Å². The van der Waals surface area contributed by atoms with Gasteiger partial charge in [0.05, 0.1) is 34.4 Å². The molecule has 0 fully saturated rings. The van der Waals surface area contributed by atoms with Crippen LogP contribution < -0.4 is 0 Å². The summed E-state index contributed by atoms with van der Waals surface area (Å²) in [5.41, 5.74) is 0. The molecule has 8 heteroatoms. The number of rotatable bonds is 26. The Morgan fingerprint density at radius 1 is 0.711 bits per heavy atom. The van der Waals surface area contributed by atoms with E-state index in [1.165, 1.54) is 32.1 Å². The van der Waals surface area contributed by atoms with E-state index in [2.05, 4.69) is 55.5 Å². The predicted molar refractivity (Wildman–Crippen MR) is 159 cm³/mol. The van der Waals surface area contributed by atoms with Gasteiger partial charge < -0.3 is 19.2 Å². The van der Waals surface area contributed by atoms with E-state index < -0.39 is 13.9 Å². The van der Waals surface area contributed by atoms with Crippen LogP contribution in [0, 0.1) is 0 Å². The quantitative estimate of drug-likeness (QED) is 0.0508. The Bertz CT molecular complexity index is 699. The molecule has 0 aliphatic heterocycles. The first-order chi connectivity index (χ1) is 18.2. The van der Waals surface area contributed by atoms with E-state index in [4.69, 9.17) is 13.8 Å². The van der Waals surface area contributed by atoms with Crippen molar-refractivity contribution in [2.75, 3.05) is 54.1 Å². The summed E-state index contributed by atoms with van der Waals surface area (Å²) in [6.07, 6.45) is 30.5. The van der Waals surface area contributed by atoms with Gasteiger partial charge in [-0.25, -0.2) is 4.57 Å². The van der Waals surface area contributed by atoms with Crippen LogP contribution in [0.5, 0.6) is 0 Å². The van der Waals surface area contributed by atoms with E-state index in [1.54, 1.807) is 0 Å². The van der Waals surface area contributed by atoms with Gasteiger partial charge in [-0.2, -0.15) is 0 Å². The Balaban J connectivity index is 3.48. The molecule has 0 aromatic carbocycles. The van der Waals surface area contributed by atoms with Crippen LogP contribution in [0.2, 0.25) is 0 Å². The maximum Gasteiger partial charge on any atom is 0.472 e. The molecule has 0 saturated heterocycles. The largest absolute Gasteiger partial charge is 0.472 e. The van der Waals surface area contributed by atoms with Gasteiger partial charge in [-0.1, -0.05) is 87.6 Å². The number of ether oxygens (including phenoxy) is 1. The molecular weight excluding hydrogens is 501 g/mol. The first kappa shape index (κ1) is 37.0. The first-order valence-corrected chi connectivity index (χ1v) is 15.9. The predicted octanol–water partition coefficient (Wildman–Crippen LogP) is 7.13. The Kier molecular flexibility index (Phi) is 24.3. The molecule has 0 aliphatic rings. The van der Waals surface area contributed by atoms with Gasteiger partial charge in [0.2, 0.25) is 0 Å². The van der Waals surface area contributed by atoms with Crippen molar-refractivity contribution in [3.63, 3.8) is 0 Å². The standard InChI is InChI=1S/C30H56NO6P/c1-5-6-7-8-9-10-11-12-13-14-15-16-17-18-19-20-21-22-23-24-26-35-28-30(32)29-37-38(33,34)36-27-25-31(2,3)4/h6-7,9-10,12-13,15-16,30,32H,5,8,11,14,17-29H2,1-4H3/p+1/b7-6-,10-9-,13-12-,16-15-. The minimum atomic E-state index is -4.15. The van der Waals surface area contributed by atoms with Crippen molar-refractivity contribution < 1.29 is 32.8 Å². The van der Waals surface area contributed by atoms with Crippen LogP contribution in [0.25, 0.3) is 0 Å². The molecule has 0 bridgehead atoms. The van der Waals surface area contributed by atoms with Crippen LogP contribution in [0.4, 0.5) is 0 Å². The van der Waals surface area contributed by atoms with Crippen molar-refractivity contribution in [2.45, 2.75) is 90.1 Å². The number of phosphoric acid groups is 1. The number of quaternary nitrogens is 1. The van der Waals surface area contributed by atoms with Gasteiger partial charge in [-0.15, -0.1) is 0 Å². The van der Waals surface area contributed by atoms with Crippen LogP contribution in [-0.2, 0) is 18.3 Å². The molecule has 0 aromatic heterocycles. The molecule has 2 unspecified atom stereocenters. The number of likely N-dealkylation sites (N-methyl/N-ethyl adjacent to an activating group) is 1. The Hall–Kier alpha value is -1.05. The molecule has 0 heterocycles. The van der Waals surface area contributed by atoms with Gasteiger partial charge in [0.25, 0.3) is 0 Å². The fraction of sp³-hybridized carbons (Fsp3) is 0.733. The monoisotopic (exact) mass is 558 g/mol. The summed E-state index contributed by atoms with van der Waals surface area (Å²) in [5.74, 6) is 0. The Morgan fingerprint density at radius 2 is 1.24 bits per heavy atom. The number of aliphatic hydroxyl groups excluding tert-OH is 1. The van der Waals surface area contributed by atoms with Crippen LogP contribution in [0.1, 0.15) is 84.0 Å². The summed E-state index contributed by atoms with van der Waals surface area (Å²) in [5, 5.41) is 9.88. The smallest absolute Gasteiger partial charge is 0.388 e. The number of hydrogen-bond donors (Lipinski definition) is 2. The van der Waals surface area contributed by atoms with Crippen molar-refractivity contribution >= 4 is 7.82 Å². The van der Waals surface area contributed by atoms with Gasteiger partial charge in [-0.3, -0.25) is 9.05 Å². The van der Waals surface area contributed by atoms with E-state index in [0.29, 0.717) is 17.6 Å². The minimum Gasteiger partial charge on any atom is -0.388 e. The summed E-state index contributed by atoms with van der Waals surface area (Å²) >= 11 is 0. The molecule has 38 heavy (non-hydrogen) atoms. The van der Waals surface area contributed by atoms with Crippen molar-refractivity contribution in [1.29, 1.82) is 0 Å².